The fraction of sp³-hybridized carbons (Fsp3) is 0.444. The average molecular weight is 869 g/mol. The molecule has 0 radical (unpaired) electrons. The van der Waals surface area contributed by atoms with Gasteiger partial charge in [-0.3, -0.25) is 29.2 Å². The van der Waals surface area contributed by atoms with Gasteiger partial charge in [-0.15, -0.1) is 13.2 Å². The van der Waals surface area contributed by atoms with E-state index in [4.69, 9.17) is 0 Å². The third-order valence-corrected chi connectivity index (χ3v) is 13.2. The summed E-state index contributed by atoms with van der Waals surface area (Å²) >= 11 is 0. The normalized spacial score (nSPS) is 20.9. The van der Waals surface area contributed by atoms with Gasteiger partial charge in [-0.2, -0.15) is 0 Å². The molecule has 10 heteroatoms. The van der Waals surface area contributed by atoms with Gasteiger partial charge in [-0.25, -0.2) is 0 Å². The van der Waals surface area contributed by atoms with Gasteiger partial charge in [0.15, 0.2) is 0 Å². The first-order valence-electron chi connectivity index (χ1n) is 23.5. The summed E-state index contributed by atoms with van der Waals surface area (Å²) in [4.78, 5) is 36.2. The van der Waals surface area contributed by atoms with Crippen molar-refractivity contribution in [3.05, 3.63) is 156 Å². The van der Waals surface area contributed by atoms with Crippen molar-refractivity contribution in [3.63, 3.8) is 0 Å². The lowest BCUT2D eigenvalue weighted by atomic mass is 9.92. The third-order valence-electron chi connectivity index (χ3n) is 13.2. The number of hydrogen-bond acceptors (Lipinski definition) is 8. The van der Waals surface area contributed by atoms with Crippen molar-refractivity contribution in [2.75, 3.05) is 52.4 Å². The Morgan fingerprint density at radius 2 is 0.922 bits per heavy atom. The van der Waals surface area contributed by atoms with Gasteiger partial charge in [0.05, 0.1) is 12.1 Å². The molecule has 6 rings (SSSR count). The molecule has 0 spiro atoms. The molecule has 0 aromatic heterocycles. The van der Waals surface area contributed by atoms with E-state index in [0.29, 0.717) is 36.3 Å². The summed E-state index contributed by atoms with van der Waals surface area (Å²) in [5, 5.41) is 27.0. The van der Waals surface area contributed by atoms with Crippen LogP contribution in [-0.4, -0.2) is 118 Å². The maximum atomic E-state index is 13.1. The lowest BCUT2D eigenvalue weighted by molar-refractivity contribution is 0.0306. The van der Waals surface area contributed by atoms with E-state index in [9.17, 15) is 19.8 Å². The Balaban J connectivity index is 0.906. The second kappa shape index (κ2) is 23.6. The number of carbonyl (C=O) groups excluding carboxylic acids is 2. The lowest BCUT2D eigenvalue weighted by Gasteiger charge is -2.47. The van der Waals surface area contributed by atoms with Crippen molar-refractivity contribution in [1.82, 2.24) is 30.2 Å². The second-order valence-corrected chi connectivity index (χ2v) is 18.1. The van der Waals surface area contributed by atoms with E-state index >= 15 is 0 Å². The maximum Gasteiger partial charge on any atom is 0.251 e. The molecule has 4 N–H and O–H groups in total. The van der Waals surface area contributed by atoms with Gasteiger partial charge in [0.1, 0.15) is 11.5 Å². The molecule has 6 atom stereocenters. The summed E-state index contributed by atoms with van der Waals surface area (Å²) in [7, 11) is 0. The first kappa shape index (κ1) is 48.2. The van der Waals surface area contributed by atoms with Crippen LogP contribution in [0.3, 0.4) is 0 Å². The number of hydrogen-bond donors (Lipinski definition) is 4. The van der Waals surface area contributed by atoms with Crippen LogP contribution in [0.5, 0.6) is 11.5 Å². The Hall–Kier alpha value is -5.26. The number of piperazine rings is 2. The molecule has 2 aliphatic heterocycles. The Labute approximate surface area is 382 Å². The van der Waals surface area contributed by atoms with Gasteiger partial charge in [0, 0.05) is 87.7 Å². The minimum Gasteiger partial charge on any atom is -0.508 e. The largest absolute Gasteiger partial charge is 0.508 e. The fourth-order valence-corrected chi connectivity index (χ4v) is 9.75. The Kier molecular flexibility index (Phi) is 17.8. The highest BCUT2D eigenvalue weighted by Crippen LogP contribution is 2.36. The number of rotatable bonds is 21. The molecule has 0 bridgehead atoms. The number of amides is 2. The predicted molar refractivity (Wildman–Crippen MR) is 260 cm³/mol. The van der Waals surface area contributed by atoms with E-state index in [1.54, 1.807) is 12.1 Å². The van der Waals surface area contributed by atoms with Crippen molar-refractivity contribution >= 4 is 11.8 Å². The van der Waals surface area contributed by atoms with Crippen LogP contribution in [0, 0.1) is 0 Å². The fourth-order valence-electron chi connectivity index (χ4n) is 9.75. The first-order chi connectivity index (χ1) is 31.0. The highest BCUT2D eigenvalue weighted by atomic mass is 16.3. The molecular formula is C54H72N6O4. The van der Waals surface area contributed by atoms with Crippen LogP contribution in [0.25, 0.3) is 0 Å². The highest BCUT2D eigenvalue weighted by molar-refractivity contribution is 5.94. The van der Waals surface area contributed by atoms with E-state index in [2.05, 4.69) is 107 Å². The molecule has 4 aromatic carbocycles. The van der Waals surface area contributed by atoms with Crippen molar-refractivity contribution in [2.24, 2.45) is 0 Å². The van der Waals surface area contributed by atoms with Crippen LogP contribution in [-0.2, 0) is 0 Å². The second-order valence-electron chi connectivity index (χ2n) is 18.1. The van der Waals surface area contributed by atoms with Crippen molar-refractivity contribution in [3.8, 4) is 11.5 Å². The summed E-state index contributed by atoms with van der Waals surface area (Å²) in [6.45, 7) is 23.5. The van der Waals surface area contributed by atoms with Gasteiger partial charge in [-0.05, 0) is 111 Å². The van der Waals surface area contributed by atoms with E-state index in [0.717, 1.165) is 100 Å². The maximum absolute atomic E-state index is 13.1. The molecule has 2 aliphatic rings. The summed E-state index contributed by atoms with van der Waals surface area (Å²) < 4.78 is 0. The molecule has 64 heavy (non-hydrogen) atoms. The van der Waals surface area contributed by atoms with Gasteiger partial charge in [0.25, 0.3) is 11.8 Å². The quantitative estimate of drug-likeness (QED) is 0.0486. The van der Waals surface area contributed by atoms with Crippen LogP contribution in [0.1, 0.15) is 121 Å². The Morgan fingerprint density at radius 3 is 1.28 bits per heavy atom. The van der Waals surface area contributed by atoms with Crippen molar-refractivity contribution < 1.29 is 19.8 Å². The molecular weight excluding hydrogens is 797 g/mol. The van der Waals surface area contributed by atoms with Gasteiger partial charge >= 0.3 is 0 Å². The molecule has 10 nitrogen and oxygen atoms in total. The van der Waals surface area contributed by atoms with E-state index in [-0.39, 0.29) is 47.5 Å². The minimum atomic E-state index is -0.0654. The molecule has 342 valence electrons. The monoisotopic (exact) mass is 869 g/mol. The molecule has 2 heterocycles. The number of nitrogens with one attached hydrogen (secondary N) is 2. The number of aromatic hydroxyl groups is 2. The standard InChI is InChI=1S/C54H72N6O4/c1-7-31-57-35-41(5)59(37-39(57)3)51(47-17-15-19-49(61)33-47)43-21-25-45(26-22-43)53(63)55-29-13-11-9-10-12-14-30-56-54(64)46-27-23-44(24-28-46)52(48-18-16-20-50(62)34-48)60-38-40(4)58(32-8-2)36-42(60)6/h7-8,15-28,33-34,39-42,51-52,61-62H,1-2,9-14,29-32,35-38H2,3-6H3,(H,55,63)(H,56,64)/t39-,40-,41+,42+,51-,52-/m1/s1. The SMILES string of the molecule is C=CCN1C[C@H](C)N([C@H](c2ccc(C(=O)NCCCCCCCCNC(=O)c3ccc([C@H](c4cccc(O)c4)N4C[C@@H](C)N(CC=C)C[C@@H]4C)cc3)cc2)c2cccc(O)c2)C[C@H]1C. The number of carbonyl (C=O) groups is 2. The molecule has 2 saturated heterocycles. The first-order valence-corrected chi connectivity index (χ1v) is 23.5. The number of unbranched alkanes of at least 4 members (excludes halogenated alkanes) is 5. The van der Waals surface area contributed by atoms with E-state index in [1.165, 1.54) is 0 Å². The molecule has 0 saturated carbocycles. The van der Waals surface area contributed by atoms with Crippen LogP contribution in [0.4, 0.5) is 0 Å². The zero-order valence-electron chi connectivity index (χ0n) is 38.7. The van der Waals surface area contributed by atoms with E-state index < -0.39 is 0 Å². The smallest absolute Gasteiger partial charge is 0.251 e. The Bertz CT molecular complexity index is 1970. The highest BCUT2D eigenvalue weighted by Gasteiger charge is 2.36. The van der Waals surface area contributed by atoms with Gasteiger partial charge < -0.3 is 20.8 Å². The van der Waals surface area contributed by atoms with Gasteiger partial charge in [-0.1, -0.05) is 86.4 Å². The van der Waals surface area contributed by atoms with Crippen LogP contribution in [0.15, 0.2) is 122 Å². The van der Waals surface area contributed by atoms with Crippen LogP contribution < -0.4 is 10.6 Å². The summed E-state index contributed by atoms with van der Waals surface area (Å²) in [6.07, 6.45) is 9.99. The number of phenolic OH excluding ortho intramolecular Hbond substituents is 2. The Morgan fingerprint density at radius 1 is 0.547 bits per heavy atom. The topological polar surface area (TPSA) is 112 Å². The van der Waals surface area contributed by atoms with Crippen molar-refractivity contribution in [2.45, 2.75) is 102 Å². The van der Waals surface area contributed by atoms with Crippen LogP contribution >= 0.6 is 0 Å². The molecule has 2 amide bonds. The summed E-state index contributed by atoms with van der Waals surface area (Å²) in [5.41, 5.74) is 5.54. The third kappa shape index (κ3) is 12.7. The number of benzene rings is 4. The predicted octanol–water partition coefficient (Wildman–Crippen LogP) is 8.94. The number of nitrogens with zero attached hydrogens (tertiary/aromatic N) is 4. The van der Waals surface area contributed by atoms with Crippen molar-refractivity contribution in [1.29, 1.82) is 0 Å². The number of phenols is 2. The minimum absolute atomic E-state index is 0.0495. The molecule has 0 unspecified atom stereocenters. The summed E-state index contributed by atoms with van der Waals surface area (Å²) in [6, 6.07) is 32.1. The van der Waals surface area contributed by atoms with Gasteiger partial charge in [0.2, 0.25) is 0 Å². The molecule has 2 fully saturated rings. The molecule has 0 aliphatic carbocycles. The molecule has 4 aromatic rings. The van der Waals surface area contributed by atoms with E-state index in [1.807, 2.05) is 60.7 Å². The zero-order chi connectivity index (χ0) is 45.6. The van der Waals surface area contributed by atoms with Crippen LogP contribution in [0.2, 0.25) is 0 Å². The zero-order valence-corrected chi connectivity index (χ0v) is 38.7. The lowest BCUT2D eigenvalue weighted by Crippen LogP contribution is -2.57. The average Bonchev–Trinajstić information content (AvgIpc) is 3.28. The summed E-state index contributed by atoms with van der Waals surface area (Å²) in [5.74, 6) is 0.367.